The molecule has 3 nitrogen and oxygen atoms in total. The van der Waals surface area contributed by atoms with Crippen molar-refractivity contribution in [2.75, 3.05) is 0 Å². The van der Waals surface area contributed by atoms with Gasteiger partial charge in [-0.25, -0.2) is 0 Å². The van der Waals surface area contributed by atoms with Crippen molar-refractivity contribution in [1.82, 2.24) is 0 Å². The van der Waals surface area contributed by atoms with Crippen molar-refractivity contribution >= 4 is 5.78 Å². The van der Waals surface area contributed by atoms with E-state index in [-0.39, 0.29) is 17.3 Å². The summed E-state index contributed by atoms with van der Waals surface area (Å²) in [5.41, 5.74) is 2.33. The van der Waals surface area contributed by atoms with Gasteiger partial charge in [0.15, 0.2) is 5.78 Å². The van der Waals surface area contributed by atoms with Gasteiger partial charge in [-0.05, 0) is 49.1 Å². The molecule has 0 unspecified atom stereocenters. The minimum Gasteiger partial charge on any atom is -0.508 e. The summed E-state index contributed by atoms with van der Waals surface area (Å²) in [6.07, 6.45) is 1.43. The molecule has 2 N–H and O–H groups in total. The molecular formula is C16H16O3. The molecule has 98 valence electrons. The molecule has 3 heteroatoms. The van der Waals surface area contributed by atoms with Gasteiger partial charge in [-0.15, -0.1) is 0 Å². The first-order valence-corrected chi connectivity index (χ1v) is 6.17. The molecule has 0 spiro atoms. The normalized spacial score (nSPS) is 10.4. The van der Waals surface area contributed by atoms with Crippen LogP contribution in [0.1, 0.15) is 28.4 Å². The van der Waals surface area contributed by atoms with E-state index >= 15 is 0 Å². The molecule has 0 heterocycles. The molecule has 2 rings (SSSR count). The van der Waals surface area contributed by atoms with E-state index < -0.39 is 0 Å². The molecule has 19 heavy (non-hydrogen) atoms. The molecule has 0 radical (unpaired) electrons. The summed E-state index contributed by atoms with van der Waals surface area (Å²) in [6.45, 7) is 1.46. The summed E-state index contributed by atoms with van der Waals surface area (Å²) >= 11 is 0. The highest BCUT2D eigenvalue weighted by Gasteiger charge is 2.11. The van der Waals surface area contributed by atoms with Gasteiger partial charge in [-0.2, -0.15) is 0 Å². The molecule has 0 fully saturated rings. The molecule has 0 aliphatic carbocycles. The second-order valence-corrected chi connectivity index (χ2v) is 4.53. The highest BCUT2D eigenvalue weighted by atomic mass is 16.3. The Bertz CT molecular complexity index is 585. The van der Waals surface area contributed by atoms with Crippen molar-refractivity contribution in [3.63, 3.8) is 0 Å². The predicted molar refractivity (Wildman–Crippen MR) is 73.6 cm³/mol. The lowest BCUT2D eigenvalue weighted by atomic mass is 9.97. The van der Waals surface area contributed by atoms with E-state index in [0.717, 1.165) is 17.5 Å². The molecule has 2 aromatic rings. The number of aromatic hydroxyl groups is 2. The molecule has 0 amide bonds. The van der Waals surface area contributed by atoms with Crippen LogP contribution in [0.15, 0.2) is 42.5 Å². The molecule has 0 saturated heterocycles. The minimum atomic E-state index is -0.126. The molecule has 0 atom stereocenters. The monoisotopic (exact) mass is 256 g/mol. The van der Waals surface area contributed by atoms with Crippen molar-refractivity contribution in [2.24, 2.45) is 0 Å². The molecule has 0 bridgehead atoms. The van der Waals surface area contributed by atoms with E-state index in [9.17, 15) is 15.0 Å². The molecule has 2 aromatic carbocycles. The Labute approximate surface area is 112 Å². The summed E-state index contributed by atoms with van der Waals surface area (Å²) in [6, 6.07) is 12.1. The zero-order chi connectivity index (χ0) is 13.8. The molecular weight excluding hydrogens is 240 g/mol. The third-order valence-corrected chi connectivity index (χ3v) is 3.10. The second kappa shape index (κ2) is 5.57. The van der Waals surface area contributed by atoms with Gasteiger partial charge in [-0.3, -0.25) is 4.79 Å². The smallest absolute Gasteiger partial charge is 0.163 e. The van der Waals surface area contributed by atoms with Crippen LogP contribution in [0.5, 0.6) is 11.5 Å². The maximum Gasteiger partial charge on any atom is 0.163 e. The van der Waals surface area contributed by atoms with Gasteiger partial charge in [-0.1, -0.05) is 24.3 Å². The highest BCUT2D eigenvalue weighted by Crippen LogP contribution is 2.23. The van der Waals surface area contributed by atoms with Gasteiger partial charge in [0.05, 0.1) is 5.56 Å². The Morgan fingerprint density at radius 2 is 1.68 bits per heavy atom. The topological polar surface area (TPSA) is 57.5 Å². The first-order chi connectivity index (χ1) is 9.08. The number of phenols is 2. The fourth-order valence-corrected chi connectivity index (χ4v) is 2.14. The summed E-state index contributed by atoms with van der Waals surface area (Å²) < 4.78 is 0. The summed E-state index contributed by atoms with van der Waals surface area (Å²) in [7, 11) is 0. The van der Waals surface area contributed by atoms with Crippen LogP contribution in [-0.4, -0.2) is 16.0 Å². The number of hydrogen-bond donors (Lipinski definition) is 2. The predicted octanol–water partition coefficient (Wildman–Crippen LogP) is 3.09. The van der Waals surface area contributed by atoms with Crippen molar-refractivity contribution in [1.29, 1.82) is 0 Å². The Morgan fingerprint density at radius 1 is 1.00 bits per heavy atom. The Kier molecular flexibility index (Phi) is 3.85. The van der Waals surface area contributed by atoms with Crippen LogP contribution < -0.4 is 0 Å². The first kappa shape index (κ1) is 13.1. The van der Waals surface area contributed by atoms with E-state index in [1.165, 1.54) is 13.0 Å². The van der Waals surface area contributed by atoms with E-state index in [1.54, 1.807) is 18.2 Å². The van der Waals surface area contributed by atoms with Crippen molar-refractivity contribution in [3.05, 3.63) is 59.2 Å². The van der Waals surface area contributed by atoms with Crippen LogP contribution in [0.4, 0.5) is 0 Å². The number of phenolic OH excluding ortho intramolecular Hbond substituents is 2. The van der Waals surface area contributed by atoms with Gasteiger partial charge < -0.3 is 10.2 Å². The first-order valence-electron chi connectivity index (χ1n) is 6.17. The zero-order valence-corrected chi connectivity index (χ0v) is 10.8. The standard InChI is InChI=1S/C16H16O3/c1-11(17)16-13(3-2-4-15(16)19)8-5-12-6-9-14(18)10-7-12/h2-4,6-7,9-10,18-19H,5,8H2,1H3. The lowest BCUT2D eigenvalue weighted by molar-refractivity contribution is 0.101. The van der Waals surface area contributed by atoms with Gasteiger partial charge in [0.1, 0.15) is 11.5 Å². The fourth-order valence-electron chi connectivity index (χ4n) is 2.14. The van der Waals surface area contributed by atoms with Gasteiger partial charge in [0, 0.05) is 0 Å². The van der Waals surface area contributed by atoms with Crippen LogP contribution in [-0.2, 0) is 12.8 Å². The lowest BCUT2D eigenvalue weighted by Crippen LogP contribution is -2.02. The number of carbonyl (C=O) groups is 1. The SMILES string of the molecule is CC(=O)c1c(O)cccc1CCc1ccc(O)cc1. The van der Waals surface area contributed by atoms with Crippen molar-refractivity contribution in [3.8, 4) is 11.5 Å². The Balaban J connectivity index is 2.18. The highest BCUT2D eigenvalue weighted by molar-refractivity contribution is 5.98. The summed E-state index contributed by atoms with van der Waals surface area (Å²) in [4.78, 5) is 11.5. The maximum absolute atomic E-state index is 11.5. The number of Topliss-reactive ketones (excluding diaryl/α,β-unsaturated/α-hetero) is 1. The number of hydrogen-bond acceptors (Lipinski definition) is 3. The van der Waals surface area contributed by atoms with Crippen LogP contribution in [0.25, 0.3) is 0 Å². The van der Waals surface area contributed by atoms with Crippen LogP contribution in [0, 0.1) is 0 Å². The maximum atomic E-state index is 11.5. The fraction of sp³-hybridized carbons (Fsp3) is 0.188. The van der Waals surface area contributed by atoms with Gasteiger partial charge >= 0.3 is 0 Å². The van der Waals surface area contributed by atoms with E-state index in [1.807, 2.05) is 18.2 Å². The largest absolute Gasteiger partial charge is 0.508 e. The summed E-state index contributed by atoms with van der Waals surface area (Å²) in [5.74, 6) is 0.153. The van der Waals surface area contributed by atoms with E-state index in [4.69, 9.17) is 0 Å². The van der Waals surface area contributed by atoms with Gasteiger partial charge in [0.25, 0.3) is 0 Å². The van der Waals surface area contributed by atoms with Gasteiger partial charge in [0.2, 0.25) is 0 Å². The van der Waals surface area contributed by atoms with E-state index in [2.05, 4.69) is 0 Å². The number of rotatable bonds is 4. The third kappa shape index (κ3) is 3.13. The van der Waals surface area contributed by atoms with Crippen molar-refractivity contribution in [2.45, 2.75) is 19.8 Å². The number of carbonyl (C=O) groups excluding carboxylic acids is 1. The number of ketones is 1. The quantitative estimate of drug-likeness (QED) is 0.826. The average molecular weight is 256 g/mol. The lowest BCUT2D eigenvalue weighted by Gasteiger charge is -2.09. The Hall–Kier alpha value is -2.29. The summed E-state index contributed by atoms with van der Waals surface area (Å²) in [5, 5.41) is 19.0. The number of benzene rings is 2. The van der Waals surface area contributed by atoms with Crippen LogP contribution in [0.3, 0.4) is 0 Å². The molecule has 0 aliphatic heterocycles. The zero-order valence-electron chi connectivity index (χ0n) is 10.8. The Morgan fingerprint density at radius 3 is 2.32 bits per heavy atom. The molecule has 0 aliphatic rings. The second-order valence-electron chi connectivity index (χ2n) is 4.53. The van der Waals surface area contributed by atoms with Crippen LogP contribution >= 0.6 is 0 Å². The van der Waals surface area contributed by atoms with Crippen LogP contribution in [0.2, 0.25) is 0 Å². The van der Waals surface area contributed by atoms with Crippen molar-refractivity contribution < 1.29 is 15.0 Å². The minimum absolute atomic E-state index is 0.0377. The molecule has 0 saturated carbocycles. The molecule has 0 aromatic heterocycles. The average Bonchev–Trinajstić information content (AvgIpc) is 2.37. The van der Waals surface area contributed by atoms with E-state index in [0.29, 0.717) is 12.0 Å². The number of aryl methyl sites for hydroxylation is 2. The third-order valence-electron chi connectivity index (χ3n) is 3.10.